The fourth-order valence-electron chi connectivity index (χ4n) is 2.99. The van der Waals surface area contributed by atoms with Gasteiger partial charge in [-0.3, -0.25) is 15.1 Å². The molecule has 1 unspecified atom stereocenters. The summed E-state index contributed by atoms with van der Waals surface area (Å²) >= 11 is 13.2. The maximum Gasteiger partial charge on any atom is 0.428 e. The van der Waals surface area contributed by atoms with Crippen LogP contribution in [-0.4, -0.2) is 24.1 Å². The van der Waals surface area contributed by atoms with E-state index in [9.17, 15) is 18.0 Å². The predicted octanol–water partition coefficient (Wildman–Crippen LogP) is 5.31. The Morgan fingerprint density at radius 3 is 2.53 bits per heavy atom. The zero-order chi connectivity index (χ0) is 21.9. The SMILES string of the molecule is CSCC(=O)NCc1cccc(C2=CC(c3cc(Cl)cc(Cl)c3)(C(F)(F)F)ON2)c1. The van der Waals surface area contributed by atoms with Gasteiger partial charge in [0.05, 0.1) is 11.4 Å². The average Bonchev–Trinajstić information content (AvgIpc) is 3.13. The number of alkyl halides is 3. The maximum absolute atomic E-state index is 14.1. The standard InChI is InChI=1S/C20H17Cl2F3N2O2S/c1-30-11-18(28)26-10-12-3-2-4-13(5-12)17-9-19(29-27-17,20(23,24)25)14-6-15(21)8-16(22)7-14/h2-9,27H,10-11H2,1H3,(H,26,28). The molecule has 2 aromatic rings. The van der Waals surface area contributed by atoms with Gasteiger partial charge in [0, 0.05) is 27.7 Å². The van der Waals surface area contributed by atoms with Crippen molar-refractivity contribution >= 4 is 46.6 Å². The molecular formula is C20H17Cl2F3N2O2S. The molecule has 0 aromatic heterocycles. The molecule has 0 aliphatic carbocycles. The van der Waals surface area contributed by atoms with Crippen molar-refractivity contribution in [2.45, 2.75) is 18.3 Å². The molecule has 1 atom stereocenters. The van der Waals surface area contributed by atoms with Crippen LogP contribution in [0.2, 0.25) is 10.0 Å². The summed E-state index contributed by atoms with van der Waals surface area (Å²) < 4.78 is 42.2. The number of hydrogen-bond donors (Lipinski definition) is 2. The second kappa shape index (κ2) is 9.09. The third-order valence-corrected chi connectivity index (χ3v) is 5.37. The average molecular weight is 477 g/mol. The molecule has 0 spiro atoms. The number of carbonyl (C=O) groups is 1. The first kappa shape index (κ1) is 22.8. The Morgan fingerprint density at radius 2 is 1.90 bits per heavy atom. The fourth-order valence-corrected chi connectivity index (χ4v) is 3.88. The lowest BCUT2D eigenvalue weighted by molar-refractivity contribution is -0.269. The molecule has 2 aromatic carbocycles. The minimum Gasteiger partial charge on any atom is -0.351 e. The Bertz CT molecular complexity index is 965. The van der Waals surface area contributed by atoms with Crippen LogP contribution in [0.15, 0.2) is 48.5 Å². The van der Waals surface area contributed by atoms with Gasteiger partial charge >= 0.3 is 6.18 Å². The van der Waals surface area contributed by atoms with Crippen molar-refractivity contribution in [3.05, 3.63) is 75.3 Å². The molecule has 2 N–H and O–H groups in total. The molecule has 0 fully saturated rings. The lowest BCUT2D eigenvalue weighted by Gasteiger charge is -2.28. The van der Waals surface area contributed by atoms with E-state index in [1.807, 2.05) is 6.26 Å². The number of rotatable bonds is 6. The van der Waals surface area contributed by atoms with Crippen molar-refractivity contribution < 1.29 is 22.8 Å². The smallest absolute Gasteiger partial charge is 0.351 e. The van der Waals surface area contributed by atoms with Gasteiger partial charge < -0.3 is 5.32 Å². The van der Waals surface area contributed by atoms with Crippen molar-refractivity contribution in [1.82, 2.24) is 10.8 Å². The molecule has 0 bridgehead atoms. The van der Waals surface area contributed by atoms with Crippen molar-refractivity contribution in [3.63, 3.8) is 0 Å². The number of halogens is 5. The normalized spacial score (nSPS) is 18.7. The quantitative estimate of drug-likeness (QED) is 0.593. The van der Waals surface area contributed by atoms with Gasteiger partial charge in [0.25, 0.3) is 0 Å². The highest BCUT2D eigenvalue weighted by molar-refractivity contribution is 7.99. The highest BCUT2D eigenvalue weighted by Gasteiger charge is 2.59. The summed E-state index contributed by atoms with van der Waals surface area (Å²) in [6.07, 6.45) is -2.00. The second-order valence-electron chi connectivity index (χ2n) is 6.56. The Kier molecular flexibility index (Phi) is 6.91. The highest BCUT2D eigenvalue weighted by atomic mass is 35.5. The molecule has 4 nitrogen and oxygen atoms in total. The highest BCUT2D eigenvalue weighted by Crippen LogP contribution is 2.48. The fraction of sp³-hybridized carbons (Fsp3) is 0.250. The minimum absolute atomic E-state index is 0.0644. The molecule has 10 heteroatoms. The van der Waals surface area contributed by atoms with E-state index >= 15 is 0 Å². The Labute approximate surface area is 185 Å². The van der Waals surface area contributed by atoms with E-state index in [1.165, 1.54) is 30.0 Å². The van der Waals surface area contributed by atoms with Crippen molar-refractivity contribution in [3.8, 4) is 0 Å². The van der Waals surface area contributed by atoms with Crippen LogP contribution in [0.1, 0.15) is 16.7 Å². The zero-order valence-corrected chi connectivity index (χ0v) is 18.0. The van der Waals surface area contributed by atoms with Gasteiger partial charge in [0.15, 0.2) is 0 Å². The number of nitrogens with one attached hydrogen (secondary N) is 2. The maximum atomic E-state index is 14.1. The van der Waals surface area contributed by atoms with Crippen LogP contribution in [0.25, 0.3) is 5.70 Å². The Hall–Kier alpha value is -1.87. The van der Waals surface area contributed by atoms with E-state index < -0.39 is 11.8 Å². The van der Waals surface area contributed by atoms with Gasteiger partial charge in [-0.15, -0.1) is 0 Å². The first-order valence-corrected chi connectivity index (χ1v) is 10.8. The summed E-state index contributed by atoms with van der Waals surface area (Å²) in [6, 6.07) is 10.5. The van der Waals surface area contributed by atoms with Crippen molar-refractivity contribution in [1.29, 1.82) is 0 Å². The third kappa shape index (κ3) is 4.88. The molecule has 1 aliphatic rings. The zero-order valence-electron chi connectivity index (χ0n) is 15.6. The van der Waals surface area contributed by atoms with Crippen LogP contribution in [0.4, 0.5) is 13.2 Å². The second-order valence-corrected chi connectivity index (χ2v) is 8.30. The molecule has 0 saturated carbocycles. The van der Waals surface area contributed by atoms with E-state index in [1.54, 1.807) is 24.3 Å². The predicted molar refractivity (Wildman–Crippen MR) is 113 cm³/mol. The van der Waals surface area contributed by atoms with Crippen molar-refractivity contribution in [2.24, 2.45) is 0 Å². The van der Waals surface area contributed by atoms with Crippen LogP contribution in [0.3, 0.4) is 0 Å². The molecule has 1 heterocycles. The van der Waals surface area contributed by atoms with Crippen LogP contribution in [0.5, 0.6) is 0 Å². The number of thioether (sulfide) groups is 1. The van der Waals surface area contributed by atoms with E-state index in [0.717, 1.165) is 11.6 Å². The molecule has 1 amide bonds. The number of benzene rings is 2. The minimum atomic E-state index is -4.78. The topological polar surface area (TPSA) is 50.4 Å². The first-order valence-electron chi connectivity index (χ1n) is 8.70. The lowest BCUT2D eigenvalue weighted by Crippen LogP contribution is -2.42. The van der Waals surface area contributed by atoms with Crippen LogP contribution in [0, 0.1) is 0 Å². The molecular weight excluding hydrogens is 460 g/mol. The van der Waals surface area contributed by atoms with E-state index in [2.05, 4.69) is 10.8 Å². The summed E-state index contributed by atoms with van der Waals surface area (Å²) in [7, 11) is 0. The van der Waals surface area contributed by atoms with Crippen LogP contribution < -0.4 is 10.8 Å². The molecule has 30 heavy (non-hydrogen) atoms. The number of hydrogen-bond acceptors (Lipinski definition) is 4. The third-order valence-electron chi connectivity index (χ3n) is 4.39. The van der Waals surface area contributed by atoms with Gasteiger partial charge in [0.1, 0.15) is 0 Å². The summed E-state index contributed by atoms with van der Waals surface area (Å²) in [5.41, 5.74) is 0.747. The van der Waals surface area contributed by atoms with Gasteiger partial charge in [-0.25, -0.2) is 0 Å². The molecule has 0 saturated heterocycles. The lowest BCUT2D eigenvalue weighted by atomic mass is 9.91. The molecule has 1 aliphatic heterocycles. The van der Waals surface area contributed by atoms with Gasteiger partial charge in [-0.2, -0.15) is 24.9 Å². The monoisotopic (exact) mass is 476 g/mol. The molecule has 3 rings (SSSR count). The summed E-state index contributed by atoms with van der Waals surface area (Å²) in [6.45, 7) is 0.260. The Balaban J connectivity index is 1.94. The molecule has 160 valence electrons. The number of amides is 1. The van der Waals surface area contributed by atoms with E-state index in [0.29, 0.717) is 11.3 Å². The van der Waals surface area contributed by atoms with Gasteiger partial charge in [-0.1, -0.05) is 41.4 Å². The van der Waals surface area contributed by atoms with Gasteiger partial charge in [0.2, 0.25) is 11.5 Å². The van der Waals surface area contributed by atoms with E-state index in [-0.39, 0.29) is 33.8 Å². The van der Waals surface area contributed by atoms with Crippen LogP contribution >= 0.6 is 35.0 Å². The van der Waals surface area contributed by atoms with Crippen LogP contribution in [-0.2, 0) is 21.8 Å². The largest absolute Gasteiger partial charge is 0.428 e. The number of carbonyl (C=O) groups excluding carboxylic acids is 1. The van der Waals surface area contributed by atoms with E-state index in [4.69, 9.17) is 28.0 Å². The van der Waals surface area contributed by atoms with Gasteiger partial charge in [-0.05, 0) is 42.2 Å². The number of hydroxylamine groups is 1. The summed E-state index contributed by atoms with van der Waals surface area (Å²) in [4.78, 5) is 16.7. The molecule has 0 radical (unpaired) electrons. The Morgan fingerprint density at radius 1 is 1.20 bits per heavy atom. The summed E-state index contributed by atoms with van der Waals surface area (Å²) in [5.74, 6) is 0.208. The first-order chi connectivity index (χ1) is 14.1. The summed E-state index contributed by atoms with van der Waals surface area (Å²) in [5, 5.41) is 2.89. The van der Waals surface area contributed by atoms with Crippen molar-refractivity contribution in [2.75, 3.05) is 12.0 Å².